The first-order valence-corrected chi connectivity index (χ1v) is 14.3. The SMILES string of the molecule is COc1ccn2c(-c3ccnc(CC4CC4)n3)c(-c3cccc(NS(=O)(=O)c4c(F)ccc(C)c4F)c3F)nc2c1. The van der Waals surface area contributed by atoms with Crippen LogP contribution in [0.5, 0.6) is 5.75 Å². The van der Waals surface area contributed by atoms with Crippen LogP contribution < -0.4 is 9.46 Å². The Hall–Kier alpha value is -4.45. The van der Waals surface area contributed by atoms with Crippen LogP contribution >= 0.6 is 0 Å². The summed E-state index contributed by atoms with van der Waals surface area (Å²) < 4.78 is 80.3. The van der Waals surface area contributed by atoms with E-state index in [0.717, 1.165) is 31.4 Å². The number of hydrogen-bond donors (Lipinski definition) is 1. The lowest BCUT2D eigenvalue weighted by Gasteiger charge is -2.13. The van der Waals surface area contributed by atoms with E-state index < -0.39 is 38.1 Å². The van der Waals surface area contributed by atoms with Crippen molar-refractivity contribution in [3.05, 3.63) is 89.8 Å². The van der Waals surface area contributed by atoms with E-state index in [4.69, 9.17) is 9.72 Å². The molecule has 0 aliphatic heterocycles. The van der Waals surface area contributed by atoms with Crippen molar-refractivity contribution in [2.24, 2.45) is 5.92 Å². The molecule has 1 saturated carbocycles. The van der Waals surface area contributed by atoms with Crippen molar-refractivity contribution < 1.29 is 26.3 Å². The number of methoxy groups -OCH3 is 1. The van der Waals surface area contributed by atoms with Crippen molar-refractivity contribution in [2.75, 3.05) is 11.8 Å². The number of aryl methyl sites for hydroxylation is 1. The van der Waals surface area contributed by atoms with E-state index in [0.29, 0.717) is 34.5 Å². The third-order valence-electron chi connectivity index (χ3n) is 6.96. The molecule has 1 aliphatic rings. The number of halogens is 3. The second-order valence-electron chi connectivity index (χ2n) is 9.89. The fourth-order valence-corrected chi connectivity index (χ4v) is 5.93. The lowest BCUT2D eigenvalue weighted by atomic mass is 10.1. The van der Waals surface area contributed by atoms with Gasteiger partial charge in [0, 0.05) is 30.4 Å². The Balaban J connectivity index is 1.49. The largest absolute Gasteiger partial charge is 0.497 e. The van der Waals surface area contributed by atoms with Crippen LogP contribution in [0.4, 0.5) is 18.9 Å². The Morgan fingerprint density at radius 3 is 2.61 bits per heavy atom. The van der Waals surface area contributed by atoms with E-state index in [1.807, 2.05) is 4.72 Å². The lowest BCUT2D eigenvalue weighted by Crippen LogP contribution is -2.18. The van der Waals surface area contributed by atoms with Gasteiger partial charge in [-0.05, 0) is 61.6 Å². The Labute approximate surface area is 233 Å². The van der Waals surface area contributed by atoms with Gasteiger partial charge in [0.2, 0.25) is 0 Å². The molecule has 12 heteroatoms. The van der Waals surface area contributed by atoms with E-state index >= 15 is 4.39 Å². The number of anilines is 1. The van der Waals surface area contributed by atoms with Crippen LogP contribution in [0, 0.1) is 30.3 Å². The second kappa shape index (κ2) is 10.2. The number of imidazole rings is 1. The molecule has 1 N–H and O–H groups in total. The zero-order valence-electron chi connectivity index (χ0n) is 22.0. The Morgan fingerprint density at radius 1 is 1.05 bits per heavy atom. The third-order valence-corrected chi connectivity index (χ3v) is 8.36. The summed E-state index contributed by atoms with van der Waals surface area (Å²) in [4.78, 5) is 12.6. The minimum absolute atomic E-state index is 0.0459. The van der Waals surface area contributed by atoms with Gasteiger partial charge in [-0.25, -0.2) is 36.5 Å². The van der Waals surface area contributed by atoms with E-state index in [1.54, 1.807) is 35.0 Å². The number of ether oxygens (including phenoxy) is 1. The average molecular weight is 580 g/mol. The molecule has 0 spiro atoms. The highest BCUT2D eigenvalue weighted by molar-refractivity contribution is 7.92. The summed E-state index contributed by atoms with van der Waals surface area (Å²) in [6, 6.07) is 11.1. The first-order chi connectivity index (χ1) is 19.7. The van der Waals surface area contributed by atoms with Gasteiger partial charge in [-0.15, -0.1) is 0 Å². The van der Waals surface area contributed by atoms with Gasteiger partial charge in [0.15, 0.2) is 10.7 Å². The highest BCUT2D eigenvalue weighted by Gasteiger charge is 2.28. The van der Waals surface area contributed by atoms with Crippen LogP contribution in [-0.2, 0) is 16.4 Å². The van der Waals surface area contributed by atoms with Gasteiger partial charge in [-0.1, -0.05) is 12.1 Å². The molecule has 41 heavy (non-hydrogen) atoms. The summed E-state index contributed by atoms with van der Waals surface area (Å²) >= 11 is 0. The van der Waals surface area contributed by atoms with Gasteiger partial charge in [-0.3, -0.25) is 9.12 Å². The molecule has 1 aliphatic carbocycles. The highest BCUT2D eigenvalue weighted by Crippen LogP contribution is 2.37. The number of fused-ring (bicyclic) bond motifs is 1. The molecule has 210 valence electrons. The highest BCUT2D eigenvalue weighted by atomic mass is 32.2. The summed E-state index contributed by atoms with van der Waals surface area (Å²) in [5.74, 6) is -1.80. The summed E-state index contributed by atoms with van der Waals surface area (Å²) in [5.41, 5.74) is 0.953. The third kappa shape index (κ3) is 4.99. The van der Waals surface area contributed by atoms with E-state index in [2.05, 4.69) is 9.97 Å². The molecular formula is C29H24F3N5O3S. The molecule has 8 nitrogen and oxygen atoms in total. The smallest absolute Gasteiger partial charge is 0.267 e. The number of pyridine rings is 1. The number of sulfonamides is 1. The predicted octanol–water partition coefficient (Wildman–Crippen LogP) is 5.95. The minimum atomic E-state index is -4.83. The summed E-state index contributed by atoms with van der Waals surface area (Å²) in [6.45, 7) is 1.30. The van der Waals surface area contributed by atoms with Gasteiger partial charge in [-0.2, -0.15) is 0 Å². The number of nitrogens with one attached hydrogen (secondary N) is 1. The summed E-state index contributed by atoms with van der Waals surface area (Å²) in [7, 11) is -3.31. The topological polar surface area (TPSA) is 98.5 Å². The van der Waals surface area contributed by atoms with Crippen molar-refractivity contribution >= 4 is 21.4 Å². The van der Waals surface area contributed by atoms with Gasteiger partial charge >= 0.3 is 0 Å². The fourth-order valence-electron chi connectivity index (χ4n) is 4.66. The quantitative estimate of drug-likeness (QED) is 0.244. The molecule has 3 heterocycles. The van der Waals surface area contributed by atoms with Crippen molar-refractivity contribution in [1.29, 1.82) is 0 Å². The maximum atomic E-state index is 16.1. The van der Waals surface area contributed by atoms with E-state index in [-0.39, 0.29) is 16.8 Å². The summed E-state index contributed by atoms with van der Waals surface area (Å²) in [5, 5.41) is 0. The van der Waals surface area contributed by atoms with Gasteiger partial charge < -0.3 is 4.74 Å². The molecule has 6 rings (SSSR count). The normalized spacial score (nSPS) is 13.5. The number of benzene rings is 2. The van der Waals surface area contributed by atoms with Crippen LogP contribution in [0.1, 0.15) is 24.2 Å². The Kier molecular flexibility index (Phi) is 6.65. The molecule has 0 amide bonds. The van der Waals surface area contributed by atoms with Gasteiger partial charge in [0.25, 0.3) is 10.0 Å². The van der Waals surface area contributed by atoms with Gasteiger partial charge in [0.1, 0.15) is 34.5 Å². The van der Waals surface area contributed by atoms with Crippen molar-refractivity contribution in [1.82, 2.24) is 19.4 Å². The maximum absolute atomic E-state index is 16.1. The fraction of sp³-hybridized carbons (Fsp3) is 0.207. The molecular weight excluding hydrogens is 555 g/mol. The molecule has 0 unspecified atom stereocenters. The van der Waals surface area contributed by atoms with E-state index in [1.165, 1.54) is 32.2 Å². The first kappa shape index (κ1) is 26.8. The zero-order valence-corrected chi connectivity index (χ0v) is 22.8. The first-order valence-electron chi connectivity index (χ1n) is 12.8. The molecule has 1 fully saturated rings. The monoisotopic (exact) mass is 579 g/mol. The predicted molar refractivity (Wildman–Crippen MR) is 146 cm³/mol. The van der Waals surface area contributed by atoms with Crippen LogP contribution in [0.2, 0.25) is 0 Å². The van der Waals surface area contributed by atoms with Crippen molar-refractivity contribution in [2.45, 2.75) is 31.1 Å². The molecule has 0 saturated heterocycles. The molecule has 0 bridgehead atoms. The molecule has 3 aromatic heterocycles. The second-order valence-corrected chi connectivity index (χ2v) is 11.5. The van der Waals surface area contributed by atoms with Crippen LogP contribution in [0.15, 0.2) is 65.8 Å². The number of aromatic nitrogens is 4. The minimum Gasteiger partial charge on any atom is -0.497 e. The molecule has 0 atom stereocenters. The van der Waals surface area contributed by atoms with Gasteiger partial charge in [0.05, 0.1) is 24.2 Å². The molecule has 5 aromatic rings. The molecule has 2 aromatic carbocycles. The number of nitrogens with zero attached hydrogens (tertiary/aromatic N) is 4. The number of hydrogen-bond acceptors (Lipinski definition) is 6. The van der Waals surface area contributed by atoms with Crippen molar-refractivity contribution in [3.63, 3.8) is 0 Å². The summed E-state index contributed by atoms with van der Waals surface area (Å²) in [6.07, 6.45) is 6.33. The standard InChI is InChI=1S/C29H24F3N5O3S/c1-16-6-9-20(30)29(25(16)31)41(38,39)36-21-5-3-4-19(26(21)32)27-28(37-13-11-18(40-2)15-24(37)35-27)22-10-12-33-23(34-22)14-17-7-8-17/h3-6,9-13,15,17,36H,7-8,14H2,1-2H3. The van der Waals surface area contributed by atoms with Crippen LogP contribution in [-0.4, -0.2) is 34.9 Å². The van der Waals surface area contributed by atoms with E-state index in [9.17, 15) is 17.2 Å². The molecule has 0 radical (unpaired) electrons. The maximum Gasteiger partial charge on any atom is 0.267 e. The van der Waals surface area contributed by atoms with Crippen LogP contribution in [0.25, 0.3) is 28.3 Å². The number of rotatable bonds is 8. The van der Waals surface area contributed by atoms with Crippen LogP contribution in [0.3, 0.4) is 0 Å². The average Bonchev–Trinajstić information content (AvgIpc) is 3.68. The van der Waals surface area contributed by atoms with Crippen molar-refractivity contribution in [3.8, 4) is 28.4 Å². The lowest BCUT2D eigenvalue weighted by molar-refractivity contribution is 0.414. The zero-order chi connectivity index (χ0) is 28.9. The Bertz CT molecular complexity index is 1920. The Morgan fingerprint density at radius 2 is 1.85 bits per heavy atom.